The summed E-state index contributed by atoms with van der Waals surface area (Å²) in [6.45, 7) is 0.0403. The molecule has 1 aromatic rings. The second-order valence-electron chi connectivity index (χ2n) is 3.21. The molecule has 1 aromatic carbocycles. The summed E-state index contributed by atoms with van der Waals surface area (Å²) in [6, 6.07) is 6.13. The molecule has 1 N–H and O–H groups in total. The quantitative estimate of drug-likeness (QED) is 0.766. The SMILES string of the molecule is CN(C)[C@H](CO)c1ccc(F)cc1. The lowest BCUT2D eigenvalue weighted by Crippen LogP contribution is -2.22. The first-order valence-electron chi connectivity index (χ1n) is 4.18. The third-order valence-electron chi connectivity index (χ3n) is 2.05. The number of rotatable bonds is 3. The van der Waals surface area contributed by atoms with Gasteiger partial charge in [0.25, 0.3) is 0 Å². The molecule has 0 unspecified atom stereocenters. The average molecular weight is 183 g/mol. The van der Waals surface area contributed by atoms with Gasteiger partial charge in [0, 0.05) is 0 Å². The summed E-state index contributed by atoms with van der Waals surface area (Å²) in [4.78, 5) is 1.90. The van der Waals surface area contributed by atoms with Gasteiger partial charge >= 0.3 is 0 Å². The summed E-state index contributed by atoms with van der Waals surface area (Å²) in [5, 5.41) is 9.08. The van der Waals surface area contributed by atoms with E-state index in [-0.39, 0.29) is 18.5 Å². The van der Waals surface area contributed by atoms with E-state index in [1.807, 2.05) is 19.0 Å². The summed E-state index contributed by atoms with van der Waals surface area (Å²) >= 11 is 0. The van der Waals surface area contributed by atoms with Crippen LogP contribution >= 0.6 is 0 Å². The number of aliphatic hydroxyl groups excluding tert-OH is 1. The molecule has 0 aliphatic rings. The van der Waals surface area contributed by atoms with Crippen molar-refractivity contribution >= 4 is 0 Å². The molecule has 0 fully saturated rings. The Balaban J connectivity index is 2.86. The first-order valence-corrected chi connectivity index (χ1v) is 4.18. The van der Waals surface area contributed by atoms with Crippen LogP contribution in [0.5, 0.6) is 0 Å². The Labute approximate surface area is 77.6 Å². The third-order valence-corrected chi connectivity index (χ3v) is 2.05. The Bertz CT molecular complexity index is 258. The number of likely N-dealkylation sites (N-methyl/N-ethyl adjacent to an activating group) is 1. The van der Waals surface area contributed by atoms with E-state index < -0.39 is 0 Å². The highest BCUT2D eigenvalue weighted by molar-refractivity contribution is 5.19. The van der Waals surface area contributed by atoms with Crippen LogP contribution in [0.3, 0.4) is 0 Å². The van der Waals surface area contributed by atoms with Crippen LogP contribution in [0.1, 0.15) is 11.6 Å². The predicted molar refractivity (Wildman–Crippen MR) is 49.9 cm³/mol. The van der Waals surface area contributed by atoms with Crippen LogP contribution in [0.4, 0.5) is 4.39 Å². The summed E-state index contributed by atoms with van der Waals surface area (Å²) < 4.78 is 12.6. The first-order chi connectivity index (χ1) is 6.15. The van der Waals surface area contributed by atoms with E-state index in [0.717, 1.165) is 5.56 Å². The molecule has 0 aliphatic carbocycles. The van der Waals surface area contributed by atoms with Crippen molar-refractivity contribution in [1.29, 1.82) is 0 Å². The Morgan fingerprint density at radius 1 is 1.31 bits per heavy atom. The van der Waals surface area contributed by atoms with Crippen molar-refractivity contribution in [3.63, 3.8) is 0 Å². The van der Waals surface area contributed by atoms with Gasteiger partial charge in [0.05, 0.1) is 12.6 Å². The number of benzene rings is 1. The van der Waals surface area contributed by atoms with Crippen molar-refractivity contribution in [2.75, 3.05) is 20.7 Å². The molecule has 0 spiro atoms. The van der Waals surface area contributed by atoms with Gasteiger partial charge in [-0.15, -0.1) is 0 Å². The normalized spacial score (nSPS) is 13.3. The van der Waals surface area contributed by atoms with E-state index in [9.17, 15) is 4.39 Å². The molecule has 72 valence electrons. The minimum Gasteiger partial charge on any atom is -0.394 e. The molecule has 1 atom stereocenters. The molecular weight excluding hydrogens is 169 g/mol. The van der Waals surface area contributed by atoms with E-state index in [1.165, 1.54) is 12.1 Å². The highest BCUT2D eigenvalue weighted by atomic mass is 19.1. The molecule has 0 amide bonds. The van der Waals surface area contributed by atoms with E-state index in [0.29, 0.717) is 0 Å². The first kappa shape index (κ1) is 10.2. The minimum absolute atomic E-state index is 0.0403. The van der Waals surface area contributed by atoms with Gasteiger partial charge in [-0.3, -0.25) is 0 Å². The van der Waals surface area contributed by atoms with Gasteiger partial charge in [0.1, 0.15) is 5.82 Å². The number of hydrogen-bond donors (Lipinski definition) is 1. The lowest BCUT2D eigenvalue weighted by molar-refractivity contribution is 0.171. The van der Waals surface area contributed by atoms with Crippen molar-refractivity contribution in [3.8, 4) is 0 Å². The van der Waals surface area contributed by atoms with Gasteiger partial charge in [-0.25, -0.2) is 4.39 Å². The molecule has 0 radical (unpaired) electrons. The van der Waals surface area contributed by atoms with Gasteiger partial charge in [0.2, 0.25) is 0 Å². The molecule has 13 heavy (non-hydrogen) atoms. The smallest absolute Gasteiger partial charge is 0.123 e. The molecule has 2 nitrogen and oxygen atoms in total. The molecule has 0 aliphatic heterocycles. The van der Waals surface area contributed by atoms with Crippen LogP contribution < -0.4 is 0 Å². The molecular formula is C10H14FNO. The maximum Gasteiger partial charge on any atom is 0.123 e. The van der Waals surface area contributed by atoms with Gasteiger partial charge in [0.15, 0.2) is 0 Å². The van der Waals surface area contributed by atoms with Crippen LogP contribution in [0.25, 0.3) is 0 Å². The summed E-state index contributed by atoms with van der Waals surface area (Å²) in [5.74, 6) is -0.251. The molecule has 0 heterocycles. The average Bonchev–Trinajstić information content (AvgIpc) is 2.09. The lowest BCUT2D eigenvalue weighted by Gasteiger charge is -2.22. The van der Waals surface area contributed by atoms with Crippen molar-refractivity contribution in [2.45, 2.75) is 6.04 Å². The minimum atomic E-state index is -0.251. The Morgan fingerprint density at radius 3 is 2.23 bits per heavy atom. The van der Waals surface area contributed by atoms with E-state index in [4.69, 9.17) is 5.11 Å². The van der Waals surface area contributed by atoms with E-state index >= 15 is 0 Å². The van der Waals surface area contributed by atoms with Crippen LogP contribution in [0.15, 0.2) is 24.3 Å². The zero-order valence-electron chi connectivity index (χ0n) is 7.87. The van der Waals surface area contributed by atoms with Crippen molar-refractivity contribution in [1.82, 2.24) is 4.90 Å². The molecule has 1 rings (SSSR count). The topological polar surface area (TPSA) is 23.5 Å². The number of aliphatic hydroxyl groups is 1. The van der Waals surface area contributed by atoms with Crippen LogP contribution in [0.2, 0.25) is 0 Å². The van der Waals surface area contributed by atoms with Crippen molar-refractivity contribution in [3.05, 3.63) is 35.6 Å². The monoisotopic (exact) mass is 183 g/mol. The Kier molecular flexibility index (Phi) is 3.39. The summed E-state index contributed by atoms with van der Waals surface area (Å²) in [7, 11) is 3.76. The van der Waals surface area contributed by atoms with Crippen LogP contribution in [-0.2, 0) is 0 Å². The Hall–Kier alpha value is -0.930. The fourth-order valence-corrected chi connectivity index (χ4v) is 1.25. The maximum absolute atomic E-state index is 12.6. The Morgan fingerprint density at radius 2 is 1.85 bits per heavy atom. The second-order valence-corrected chi connectivity index (χ2v) is 3.21. The number of halogens is 1. The van der Waals surface area contributed by atoms with Crippen LogP contribution in [0, 0.1) is 5.82 Å². The largest absolute Gasteiger partial charge is 0.394 e. The zero-order valence-corrected chi connectivity index (χ0v) is 7.87. The van der Waals surface area contributed by atoms with E-state index in [1.54, 1.807) is 12.1 Å². The van der Waals surface area contributed by atoms with E-state index in [2.05, 4.69) is 0 Å². The van der Waals surface area contributed by atoms with Gasteiger partial charge in [-0.1, -0.05) is 12.1 Å². The second kappa shape index (κ2) is 4.35. The maximum atomic E-state index is 12.6. The fourth-order valence-electron chi connectivity index (χ4n) is 1.25. The lowest BCUT2D eigenvalue weighted by atomic mass is 10.1. The molecule has 0 aromatic heterocycles. The molecule has 0 saturated heterocycles. The predicted octanol–water partition coefficient (Wildman–Crippen LogP) is 1.42. The van der Waals surface area contributed by atoms with Gasteiger partial charge < -0.3 is 10.0 Å². The highest BCUT2D eigenvalue weighted by Gasteiger charge is 2.11. The molecule has 0 bridgehead atoms. The van der Waals surface area contributed by atoms with Crippen molar-refractivity contribution < 1.29 is 9.50 Å². The number of nitrogens with zero attached hydrogens (tertiary/aromatic N) is 1. The zero-order chi connectivity index (χ0) is 9.84. The summed E-state index contributed by atoms with van der Waals surface area (Å²) in [6.07, 6.45) is 0. The molecule has 3 heteroatoms. The third kappa shape index (κ3) is 2.50. The van der Waals surface area contributed by atoms with Crippen molar-refractivity contribution in [2.24, 2.45) is 0 Å². The van der Waals surface area contributed by atoms with Crippen LogP contribution in [-0.4, -0.2) is 30.7 Å². The molecule has 0 saturated carbocycles. The number of hydrogen-bond acceptors (Lipinski definition) is 2. The summed E-state index contributed by atoms with van der Waals surface area (Å²) in [5.41, 5.74) is 0.925. The standard InChI is InChI=1S/C10H14FNO/c1-12(2)10(7-13)8-3-5-9(11)6-4-8/h3-6,10,13H,7H2,1-2H3/t10-/m1/s1. The van der Waals surface area contributed by atoms with Gasteiger partial charge in [-0.2, -0.15) is 0 Å². The fraction of sp³-hybridized carbons (Fsp3) is 0.400. The van der Waals surface area contributed by atoms with Gasteiger partial charge in [-0.05, 0) is 31.8 Å². The highest BCUT2D eigenvalue weighted by Crippen LogP contribution is 2.17.